The molecule has 0 amide bonds. The van der Waals surface area contributed by atoms with Crippen LogP contribution in [0.5, 0.6) is 0 Å². The van der Waals surface area contributed by atoms with Gasteiger partial charge in [-0.15, -0.1) is 0 Å². The van der Waals surface area contributed by atoms with E-state index in [0.29, 0.717) is 0 Å². The first-order valence-corrected chi connectivity index (χ1v) is 15.2. The standard InChI is InChI=1S/C40H30N4/c1-40(2)33-15-7-10-18-36(33)43(37-19-11-8-16-34(37)40)29-21-23-30(24-22-29)44-35-17-9-6-14-31(35)32-25-20-27-26-42(41-38(27)39(32)44)28-12-4-3-5-13-28/h3-26H,1-2H3. The molecule has 8 aromatic rings. The normalized spacial score (nSPS) is 13.8. The summed E-state index contributed by atoms with van der Waals surface area (Å²) in [5.74, 6) is 0. The predicted molar refractivity (Wildman–Crippen MR) is 182 cm³/mol. The highest BCUT2D eigenvalue weighted by Crippen LogP contribution is 2.51. The predicted octanol–water partition coefficient (Wildman–Crippen LogP) is 10.2. The summed E-state index contributed by atoms with van der Waals surface area (Å²) in [4.78, 5) is 2.41. The third-order valence-electron chi connectivity index (χ3n) is 9.33. The number of fused-ring (bicyclic) bond motifs is 7. The summed E-state index contributed by atoms with van der Waals surface area (Å²) in [7, 11) is 0. The average molecular weight is 567 g/mol. The van der Waals surface area contributed by atoms with Crippen molar-refractivity contribution in [3.8, 4) is 11.4 Å². The molecule has 4 nitrogen and oxygen atoms in total. The smallest absolute Gasteiger partial charge is 0.117 e. The summed E-state index contributed by atoms with van der Waals surface area (Å²) in [5.41, 5.74) is 11.6. The summed E-state index contributed by atoms with van der Waals surface area (Å²) in [6.07, 6.45) is 2.13. The van der Waals surface area contributed by atoms with E-state index < -0.39 is 0 Å². The molecule has 3 heterocycles. The minimum absolute atomic E-state index is 0.0822. The van der Waals surface area contributed by atoms with Crippen molar-refractivity contribution in [2.75, 3.05) is 4.90 Å². The summed E-state index contributed by atoms with van der Waals surface area (Å²) in [6.45, 7) is 4.65. The molecule has 2 aromatic heterocycles. The highest BCUT2D eigenvalue weighted by molar-refractivity contribution is 6.17. The Morgan fingerprint density at radius 3 is 1.86 bits per heavy atom. The van der Waals surface area contributed by atoms with Crippen molar-refractivity contribution in [1.29, 1.82) is 0 Å². The number of rotatable bonds is 3. The Morgan fingerprint density at radius 1 is 0.523 bits per heavy atom. The fourth-order valence-corrected chi connectivity index (χ4v) is 7.21. The average Bonchev–Trinajstić information content (AvgIpc) is 3.66. The summed E-state index contributed by atoms with van der Waals surface area (Å²) in [5, 5.41) is 8.68. The van der Waals surface area contributed by atoms with Crippen LogP contribution in [0.2, 0.25) is 0 Å². The van der Waals surface area contributed by atoms with Crippen LogP contribution < -0.4 is 4.90 Å². The molecule has 4 heteroatoms. The van der Waals surface area contributed by atoms with Crippen LogP contribution in [0.1, 0.15) is 25.0 Å². The summed E-state index contributed by atoms with van der Waals surface area (Å²) < 4.78 is 4.36. The van der Waals surface area contributed by atoms with Crippen molar-refractivity contribution in [3.63, 3.8) is 0 Å². The van der Waals surface area contributed by atoms with E-state index in [-0.39, 0.29) is 5.41 Å². The number of para-hydroxylation sites is 4. The van der Waals surface area contributed by atoms with Crippen molar-refractivity contribution >= 4 is 49.8 Å². The lowest BCUT2D eigenvalue weighted by molar-refractivity contribution is 0.632. The van der Waals surface area contributed by atoms with Gasteiger partial charge < -0.3 is 9.47 Å². The SMILES string of the molecule is CC1(C)c2ccccc2N(c2ccc(-n3c4ccccc4c4ccc5cn(-c6ccccc6)nc5c43)cc2)c2ccccc21. The maximum Gasteiger partial charge on any atom is 0.117 e. The molecule has 0 saturated heterocycles. The summed E-state index contributed by atoms with van der Waals surface area (Å²) in [6, 6.07) is 50.0. The van der Waals surface area contributed by atoms with Gasteiger partial charge in [0, 0.05) is 39.1 Å². The van der Waals surface area contributed by atoms with E-state index in [1.807, 2.05) is 10.7 Å². The molecule has 210 valence electrons. The first-order chi connectivity index (χ1) is 21.6. The fraction of sp³-hybridized carbons (Fsp3) is 0.0750. The number of anilines is 3. The second-order valence-electron chi connectivity index (χ2n) is 12.2. The maximum atomic E-state index is 5.13. The van der Waals surface area contributed by atoms with Gasteiger partial charge in [0.25, 0.3) is 0 Å². The topological polar surface area (TPSA) is 26.0 Å². The van der Waals surface area contributed by atoms with E-state index in [9.17, 15) is 0 Å². The van der Waals surface area contributed by atoms with Gasteiger partial charge in [-0.3, -0.25) is 0 Å². The van der Waals surface area contributed by atoms with Gasteiger partial charge >= 0.3 is 0 Å². The quantitative estimate of drug-likeness (QED) is 0.213. The highest BCUT2D eigenvalue weighted by Gasteiger charge is 2.36. The molecule has 1 aliphatic rings. The van der Waals surface area contributed by atoms with Gasteiger partial charge in [-0.2, -0.15) is 5.10 Å². The Balaban J connectivity index is 1.24. The van der Waals surface area contributed by atoms with E-state index in [4.69, 9.17) is 5.10 Å². The number of nitrogens with zero attached hydrogens (tertiary/aromatic N) is 4. The molecular formula is C40H30N4. The molecule has 0 atom stereocenters. The molecule has 0 bridgehead atoms. The largest absolute Gasteiger partial charge is 0.310 e. The first-order valence-electron chi connectivity index (χ1n) is 15.2. The van der Waals surface area contributed by atoms with Gasteiger partial charge in [0.2, 0.25) is 0 Å². The zero-order chi connectivity index (χ0) is 29.4. The molecule has 9 rings (SSSR count). The van der Waals surface area contributed by atoms with Crippen LogP contribution in [-0.4, -0.2) is 14.3 Å². The van der Waals surface area contributed by atoms with Crippen LogP contribution in [-0.2, 0) is 5.41 Å². The lowest BCUT2D eigenvalue weighted by Gasteiger charge is -2.42. The molecule has 0 spiro atoms. The van der Waals surface area contributed by atoms with Gasteiger partial charge in [0.1, 0.15) is 5.52 Å². The lowest BCUT2D eigenvalue weighted by Crippen LogP contribution is -2.30. The minimum Gasteiger partial charge on any atom is -0.310 e. The molecule has 0 unspecified atom stereocenters. The second-order valence-corrected chi connectivity index (χ2v) is 12.2. The molecule has 0 saturated carbocycles. The minimum atomic E-state index is -0.0822. The fourth-order valence-electron chi connectivity index (χ4n) is 7.21. The Bertz CT molecular complexity index is 2310. The molecular weight excluding hydrogens is 536 g/mol. The maximum absolute atomic E-state index is 5.13. The van der Waals surface area contributed by atoms with Gasteiger partial charge in [-0.05, 0) is 65.7 Å². The highest BCUT2D eigenvalue weighted by atomic mass is 15.3. The van der Waals surface area contributed by atoms with E-state index in [2.05, 4.69) is 163 Å². The Labute approximate surface area is 256 Å². The molecule has 0 fully saturated rings. The van der Waals surface area contributed by atoms with Crippen molar-refractivity contribution in [1.82, 2.24) is 14.3 Å². The van der Waals surface area contributed by atoms with Crippen LogP contribution in [0.4, 0.5) is 17.1 Å². The monoisotopic (exact) mass is 566 g/mol. The van der Waals surface area contributed by atoms with E-state index in [0.717, 1.165) is 33.5 Å². The first kappa shape index (κ1) is 24.9. The molecule has 44 heavy (non-hydrogen) atoms. The zero-order valence-electron chi connectivity index (χ0n) is 24.6. The van der Waals surface area contributed by atoms with Crippen molar-refractivity contribution in [2.24, 2.45) is 0 Å². The van der Waals surface area contributed by atoms with Gasteiger partial charge in [0.15, 0.2) is 0 Å². The van der Waals surface area contributed by atoms with E-state index in [1.54, 1.807) is 0 Å². The van der Waals surface area contributed by atoms with Crippen LogP contribution in [0.3, 0.4) is 0 Å². The van der Waals surface area contributed by atoms with Crippen molar-refractivity contribution in [3.05, 3.63) is 157 Å². The third-order valence-corrected chi connectivity index (χ3v) is 9.33. The number of aromatic nitrogens is 3. The number of hydrogen-bond donors (Lipinski definition) is 0. The van der Waals surface area contributed by atoms with Gasteiger partial charge in [-0.25, -0.2) is 4.68 Å². The molecule has 0 radical (unpaired) electrons. The Kier molecular flexibility index (Phi) is 5.21. The molecule has 0 aliphatic carbocycles. The van der Waals surface area contributed by atoms with E-state index in [1.165, 1.54) is 38.8 Å². The number of hydrogen-bond acceptors (Lipinski definition) is 2. The van der Waals surface area contributed by atoms with Gasteiger partial charge in [0.05, 0.1) is 28.1 Å². The Hall–Kier alpha value is -5.61. The van der Waals surface area contributed by atoms with Crippen LogP contribution >= 0.6 is 0 Å². The zero-order valence-corrected chi connectivity index (χ0v) is 24.6. The van der Waals surface area contributed by atoms with Gasteiger partial charge in [-0.1, -0.05) is 98.8 Å². The molecule has 1 aliphatic heterocycles. The van der Waals surface area contributed by atoms with E-state index >= 15 is 0 Å². The van der Waals surface area contributed by atoms with Crippen molar-refractivity contribution in [2.45, 2.75) is 19.3 Å². The number of benzene rings is 6. The van der Waals surface area contributed by atoms with Crippen LogP contribution in [0.15, 0.2) is 146 Å². The molecule has 0 N–H and O–H groups in total. The second kappa shape index (κ2) is 9.19. The summed E-state index contributed by atoms with van der Waals surface area (Å²) >= 11 is 0. The van der Waals surface area contributed by atoms with Crippen LogP contribution in [0, 0.1) is 0 Å². The third kappa shape index (κ3) is 3.48. The van der Waals surface area contributed by atoms with Crippen LogP contribution in [0.25, 0.3) is 44.1 Å². The van der Waals surface area contributed by atoms with Crippen molar-refractivity contribution < 1.29 is 0 Å². The Morgan fingerprint density at radius 2 is 1.14 bits per heavy atom. The molecule has 6 aromatic carbocycles. The lowest BCUT2D eigenvalue weighted by atomic mass is 9.73.